The first-order valence-electron chi connectivity index (χ1n) is 8.06. The Bertz CT molecular complexity index is 1120. The fraction of sp³-hybridized carbons (Fsp3) is 0.211. The Labute approximate surface area is 139 Å². The van der Waals surface area contributed by atoms with Gasteiger partial charge in [0.15, 0.2) is 0 Å². The molecule has 5 heteroatoms. The summed E-state index contributed by atoms with van der Waals surface area (Å²) in [4.78, 5) is 13.1. The maximum Gasteiger partial charge on any atom is 0.267 e. The van der Waals surface area contributed by atoms with Gasteiger partial charge in [-0.1, -0.05) is 25.1 Å². The van der Waals surface area contributed by atoms with E-state index < -0.39 is 0 Å². The second-order valence-corrected chi connectivity index (χ2v) is 6.11. The predicted molar refractivity (Wildman–Crippen MR) is 94.9 cm³/mol. The zero-order valence-corrected chi connectivity index (χ0v) is 13.9. The van der Waals surface area contributed by atoms with Crippen LogP contribution in [0.15, 0.2) is 47.3 Å². The van der Waals surface area contributed by atoms with E-state index in [2.05, 4.69) is 16.3 Å². The zero-order valence-electron chi connectivity index (χ0n) is 13.9. The van der Waals surface area contributed by atoms with Gasteiger partial charge < -0.3 is 0 Å². The van der Waals surface area contributed by atoms with Gasteiger partial charge in [-0.05, 0) is 49.2 Å². The smallest absolute Gasteiger partial charge is 0.267 e. The molecule has 0 spiro atoms. The van der Waals surface area contributed by atoms with E-state index in [0.717, 1.165) is 34.6 Å². The number of fused-ring (bicyclic) bond motifs is 3. The highest BCUT2D eigenvalue weighted by atomic mass is 16.1. The van der Waals surface area contributed by atoms with E-state index in [-0.39, 0.29) is 5.56 Å². The number of aromatic nitrogens is 4. The largest absolute Gasteiger partial charge is 0.268 e. The number of benzene rings is 2. The molecule has 2 aromatic heterocycles. The number of rotatable bonds is 2. The van der Waals surface area contributed by atoms with E-state index in [1.165, 1.54) is 0 Å². The Hall–Kier alpha value is -2.95. The monoisotopic (exact) mass is 318 g/mol. The zero-order chi connectivity index (χ0) is 16.8. The number of hydrogen-bond donors (Lipinski definition) is 0. The molecule has 0 unspecified atom stereocenters. The van der Waals surface area contributed by atoms with Crippen molar-refractivity contribution in [3.05, 3.63) is 69.8 Å². The van der Waals surface area contributed by atoms with Crippen molar-refractivity contribution >= 4 is 16.7 Å². The summed E-state index contributed by atoms with van der Waals surface area (Å²) < 4.78 is 3.64. The normalized spacial score (nSPS) is 11.5. The van der Waals surface area contributed by atoms with Crippen LogP contribution in [-0.2, 0) is 6.42 Å². The molecule has 24 heavy (non-hydrogen) atoms. The molecule has 0 bridgehead atoms. The quantitative estimate of drug-likeness (QED) is 0.570. The van der Waals surface area contributed by atoms with Crippen LogP contribution < -0.4 is 5.56 Å². The third-order valence-corrected chi connectivity index (χ3v) is 4.27. The van der Waals surface area contributed by atoms with E-state index in [0.29, 0.717) is 11.2 Å². The predicted octanol–water partition coefficient (Wildman–Crippen LogP) is 3.21. The summed E-state index contributed by atoms with van der Waals surface area (Å²) in [6, 6.07) is 13.7. The molecular formula is C19H18N4O. The number of para-hydroxylation sites is 1. The molecule has 0 radical (unpaired) electrons. The first-order chi connectivity index (χ1) is 11.6. The Morgan fingerprint density at radius 1 is 1.00 bits per heavy atom. The molecule has 120 valence electrons. The van der Waals surface area contributed by atoms with Crippen molar-refractivity contribution in [2.75, 3.05) is 0 Å². The molecule has 2 aromatic carbocycles. The van der Waals surface area contributed by atoms with Gasteiger partial charge in [0.1, 0.15) is 5.82 Å². The van der Waals surface area contributed by atoms with Crippen LogP contribution in [0.4, 0.5) is 0 Å². The minimum Gasteiger partial charge on any atom is -0.268 e. The Morgan fingerprint density at radius 3 is 2.42 bits per heavy atom. The Kier molecular flexibility index (Phi) is 3.23. The van der Waals surface area contributed by atoms with Crippen LogP contribution in [0.1, 0.15) is 23.9 Å². The van der Waals surface area contributed by atoms with Gasteiger partial charge in [0.2, 0.25) is 5.78 Å². The van der Waals surface area contributed by atoms with Crippen LogP contribution in [0, 0.1) is 13.8 Å². The lowest BCUT2D eigenvalue weighted by Crippen LogP contribution is -2.22. The van der Waals surface area contributed by atoms with Crippen LogP contribution in [0.25, 0.3) is 22.4 Å². The van der Waals surface area contributed by atoms with Gasteiger partial charge in [-0.25, -0.2) is 4.57 Å². The SMILES string of the molecule is CCc1nnc2n(-c3cc(C)cc(C)c3)c(=O)c3ccccc3n12. The molecule has 0 saturated carbocycles. The van der Waals surface area contributed by atoms with Gasteiger partial charge in [0.25, 0.3) is 5.56 Å². The minimum atomic E-state index is -0.0712. The van der Waals surface area contributed by atoms with Gasteiger partial charge in [-0.15, -0.1) is 10.2 Å². The lowest BCUT2D eigenvalue weighted by Gasteiger charge is -2.12. The second-order valence-electron chi connectivity index (χ2n) is 6.11. The van der Waals surface area contributed by atoms with Gasteiger partial charge >= 0.3 is 0 Å². The molecule has 0 aliphatic rings. The lowest BCUT2D eigenvalue weighted by molar-refractivity contribution is 0.916. The molecule has 0 aliphatic heterocycles. The van der Waals surface area contributed by atoms with Gasteiger partial charge in [0, 0.05) is 6.42 Å². The fourth-order valence-corrected chi connectivity index (χ4v) is 3.30. The molecule has 0 saturated heterocycles. The minimum absolute atomic E-state index is 0.0712. The highest BCUT2D eigenvalue weighted by molar-refractivity contribution is 5.81. The van der Waals surface area contributed by atoms with Gasteiger partial charge in [0.05, 0.1) is 16.6 Å². The molecule has 0 aliphatic carbocycles. The van der Waals surface area contributed by atoms with Gasteiger partial charge in [-0.3, -0.25) is 9.20 Å². The summed E-state index contributed by atoms with van der Waals surface area (Å²) in [6.45, 7) is 6.10. The van der Waals surface area contributed by atoms with Crippen molar-refractivity contribution in [2.24, 2.45) is 0 Å². The summed E-state index contributed by atoms with van der Waals surface area (Å²) in [6.07, 6.45) is 0.746. The summed E-state index contributed by atoms with van der Waals surface area (Å²) >= 11 is 0. The third-order valence-electron chi connectivity index (χ3n) is 4.27. The number of aryl methyl sites for hydroxylation is 3. The fourth-order valence-electron chi connectivity index (χ4n) is 3.30. The van der Waals surface area contributed by atoms with Crippen molar-refractivity contribution in [3.8, 4) is 5.69 Å². The first-order valence-corrected chi connectivity index (χ1v) is 8.06. The van der Waals surface area contributed by atoms with E-state index in [1.54, 1.807) is 4.57 Å². The van der Waals surface area contributed by atoms with Crippen molar-refractivity contribution < 1.29 is 0 Å². The molecule has 4 aromatic rings. The van der Waals surface area contributed by atoms with Crippen LogP contribution in [0.5, 0.6) is 0 Å². The summed E-state index contributed by atoms with van der Waals surface area (Å²) in [5.41, 5.74) is 3.82. The standard InChI is InChI=1S/C19H18N4O/c1-4-17-20-21-19-22(14-10-12(2)9-13(3)11-14)18(24)15-7-5-6-8-16(15)23(17)19/h5-11H,4H2,1-3H3. The summed E-state index contributed by atoms with van der Waals surface area (Å²) in [5, 5.41) is 9.27. The van der Waals surface area contributed by atoms with Crippen LogP contribution in [0.2, 0.25) is 0 Å². The van der Waals surface area contributed by atoms with E-state index in [4.69, 9.17) is 0 Å². The molecular weight excluding hydrogens is 300 g/mol. The highest BCUT2D eigenvalue weighted by Gasteiger charge is 2.16. The van der Waals surface area contributed by atoms with Crippen LogP contribution in [-0.4, -0.2) is 19.2 Å². The molecule has 4 rings (SSSR count). The second kappa shape index (κ2) is 5.30. The maximum atomic E-state index is 13.1. The van der Waals surface area contributed by atoms with E-state index >= 15 is 0 Å². The molecule has 5 nitrogen and oxygen atoms in total. The van der Waals surface area contributed by atoms with Crippen LogP contribution in [0.3, 0.4) is 0 Å². The molecule has 0 fully saturated rings. The number of hydrogen-bond acceptors (Lipinski definition) is 3. The average Bonchev–Trinajstić information content (AvgIpc) is 2.98. The molecule has 2 heterocycles. The summed E-state index contributed by atoms with van der Waals surface area (Å²) in [5.74, 6) is 1.40. The molecule has 0 amide bonds. The van der Waals surface area contributed by atoms with Crippen molar-refractivity contribution in [2.45, 2.75) is 27.2 Å². The van der Waals surface area contributed by atoms with Crippen LogP contribution >= 0.6 is 0 Å². The average molecular weight is 318 g/mol. The molecule has 0 N–H and O–H groups in total. The Balaban J connectivity index is 2.24. The third kappa shape index (κ3) is 2.05. The van der Waals surface area contributed by atoms with Crippen molar-refractivity contribution in [1.29, 1.82) is 0 Å². The van der Waals surface area contributed by atoms with Gasteiger partial charge in [-0.2, -0.15) is 0 Å². The first kappa shape index (κ1) is 14.6. The lowest BCUT2D eigenvalue weighted by atomic mass is 10.1. The van der Waals surface area contributed by atoms with Crippen molar-refractivity contribution in [3.63, 3.8) is 0 Å². The molecule has 0 atom stereocenters. The topological polar surface area (TPSA) is 52.2 Å². The Morgan fingerprint density at radius 2 is 1.71 bits per heavy atom. The maximum absolute atomic E-state index is 13.1. The summed E-state index contributed by atoms with van der Waals surface area (Å²) in [7, 11) is 0. The highest BCUT2D eigenvalue weighted by Crippen LogP contribution is 2.19. The number of nitrogens with zero attached hydrogens (tertiary/aromatic N) is 4. The van der Waals surface area contributed by atoms with Crippen molar-refractivity contribution in [1.82, 2.24) is 19.2 Å². The van der Waals surface area contributed by atoms with E-state index in [9.17, 15) is 4.79 Å². The van der Waals surface area contributed by atoms with E-state index in [1.807, 2.05) is 61.6 Å².